The number of carbonyl (C=O) groups excluding carboxylic acids is 2. The maximum absolute atomic E-state index is 13.1. The summed E-state index contributed by atoms with van der Waals surface area (Å²) in [5.74, 6) is -3.16. The van der Waals surface area contributed by atoms with Crippen LogP contribution in [-0.4, -0.2) is 34.0 Å². The maximum atomic E-state index is 13.1. The quantitative estimate of drug-likeness (QED) is 0.616. The molecule has 0 aliphatic heterocycles. The summed E-state index contributed by atoms with van der Waals surface area (Å²) in [7, 11) is 0. The number of hydrogen-bond acceptors (Lipinski definition) is 5. The lowest BCUT2D eigenvalue weighted by Gasteiger charge is -2.24. The SMILES string of the molecule is CC.Cc1cc(C(=O)NC(C(=O)C[C@@H](CC2C=CC(F)=CC2)C(=O)O)C(C)C)no1. The van der Waals surface area contributed by atoms with Crippen molar-refractivity contribution in [2.45, 2.75) is 59.9 Å². The number of aromatic nitrogens is 1. The summed E-state index contributed by atoms with van der Waals surface area (Å²) in [5, 5.41) is 15.8. The second-order valence-electron chi connectivity index (χ2n) is 7.40. The number of aryl methyl sites for hydroxylation is 1. The Labute approximate surface area is 176 Å². The average molecular weight is 422 g/mol. The number of ketones is 1. The minimum absolute atomic E-state index is 0.0619. The molecule has 30 heavy (non-hydrogen) atoms. The van der Waals surface area contributed by atoms with Crippen LogP contribution in [0.2, 0.25) is 0 Å². The molecule has 0 saturated heterocycles. The number of rotatable bonds is 9. The largest absolute Gasteiger partial charge is 0.481 e. The van der Waals surface area contributed by atoms with E-state index in [-0.39, 0.29) is 42.0 Å². The van der Waals surface area contributed by atoms with Gasteiger partial charge in [-0.15, -0.1) is 0 Å². The van der Waals surface area contributed by atoms with Gasteiger partial charge in [0.25, 0.3) is 5.91 Å². The Hall–Kier alpha value is -2.77. The first kappa shape index (κ1) is 25.3. The number of carboxylic acid groups (broad SMARTS) is 1. The van der Waals surface area contributed by atoms with Crippen LogP contribution in [0.5, 0.6) is 0 Å². The fraction of sp³-hybridized carbons (Fsp3) is 0.545. The van der Waals surface area contributed by atoms with E-state index in [0.717, 1.165) is 0 Å². The van der Waals surface area contributed by atoms with E-state index in [1.807, 2.05) is 13.8 Å². The van der Waals surface area contributed by atoms with Crippen molar-refractivity contribution in [3.63, 3.8) is 0 Å². The van der Waals surface area contributed by atoms with Crippen LogP contribution < -0.4 is 5.32 Å². The van der Waals surface area contributed by atoms with Gasteiger partial charge < -0.3 is 14.9 Å². The van der Waals surface area contributed by atoms with Gasteiger partial charge in [-0.2, -0.15) is 0 Å². The molecule has 1 amide bonds. The zero-order valence-electron chi connectivity index (χ0n) is 18.1. The van der Waals surface area contributed by atoms with E-state index in [4.69, 9.17) is 4.52 Å². The van der Waals surface area contributed by atoms with Crippen molar-refractivity contribution in [2.24, 2.45) is 17.8 Å². The number of hydrogen-bond donors (Lipinski definition) is 2. The topological polar surface area (TPSA) is 110 Å². The summed E-state index contributed by atoms with van der Waals surface area (Å²) in [6, 6.07) is 0.616. The van der Waals surface area contributed by atoms with Gasteiger partial charge in [0.05, 0.1) is 12.0 Å². The average Bonchev–Trinajstić information content (AvgIpc) is 3.14. The van der Waals surface area contributed by atoms with Gasteiger partial charge in [-0.05, 0) is 43.8 Å². The molecule has 1 aliphatic rings. The number of carbonyl (C=O) groups is 3. The standard InChI is InChI=1S/C20H25FN2O5.C2H6/c1-11(2)18(22-19(25)16-8-12(3)28-23-16)17(24)10-14(20(26)27)9-13-4-6-15(21)7-5-13;1-2/h4,6-8,11,13-14,18H,5,9-10H2,1-3H3,(H,22,25)(H,26,27);1-2H3/t13?,14-,18?;/m1./s1. The minimum atomic E-state index is -1.09. The predicted molar refractivity (Wildman–Crippen MR) is 110 cm³/mol. The van der Waals surface area contributed by atoms with Crippen LogP contribution in [0.3, 0.4) is 0 Å². The molecule has 166 valence electrons. The zero-order valence-corrected chi connectivity index (χ0v) is 18.1. The van der Waals surface area contributed by atoms with Gasteiger partial charge in [0, 0.05) is 12.5 Å². The van der Waals surface area contributed by atoms with Gasteiger partial charge in [-0.3, -0.25) is 14.4 Å². The van der Waals surface area contributed by atoms with Crippen molar-refractivity contribution < 1.29 is 28.4 Å². The summed E-state index contributed by atoms with van der Waals surface area (Å²) in [6.07, 6.45) is 4.75. The van der Waals surface area contributed by atoms with Crippen molar-refractivity contribution in [2.75, 3.05) is 0 Å². The van der Waals surface area contributed by atoms with Crippen LogP contribution in [-0.2, 0) is 9.59 Å². The highest BCUT2D eigenvalue weighted by Crippen LogP contribution is 2.26. The van der Waals surface area contributed by atoms with Crippen LogP contribution >= 0.6 is 0 Å². The number of allylic oxidation sites excluding steroid dienone is 4. The van der Waals surface area contributed by atoms with Crippen LogP contribution in [0.1, 0.15) is 63.2 Å². The van der Waals surface area contributed by atoms with Crippen LogP contribution in [0.4, 0.5) is 4.39 Å². The van der Waals surface area contributed by atoms with Crippen molar-refractivity contribution in [1.29, 1.82) is 0 Å². The first-order valence-electron chi connectivity index (χ1n) is 10.2. The van der Waals surface area contributed by atoms with Crippen molar-refractivity contribution >= 4 is 17.7 Å². The highest BCUT2D eigenvalue weighted by Gasteiger charge is 2.31. The summed E-state index contributed by atoms with van der Waals surface area (Å²) < 4.78 is 17.9. The molecule has 0 aromatic carbocycles. The van der Waals surface area contributed by atoms with Crippen molar-refractivity contribution in [1.82, 2.24) is 10.5 Å². The van der Waals surface area contributed by atoms with E-state index in [2.05, 4.69) is 10.5 Å². The molecule has 2 unspecified atom stereocenters. The third kappa shape index (κ3) is 7.57. The number of nitrogens with one attached hydrogen (secondary N) is 1. The molecule has 0 bridgehead atoms. The predicted octanol–water partition coefficient (Wildman–Crippen LogP) is 4.24. The Kier molecular flexibility index (Phi) is 10.1. The number of carboxylic acids is 1. The number of nitrogens with zero attached hydrogens (tertiary/aromatic N) is 1. The molecule has 1 aromatic heterocycles. The summed E-state index contributed by atoms with van der Waals surface area (Å²) >= 11 is 0. The normalized spacial score (nSPS) is 17.4. The first-order chi connectivity index (χ1) is 14.2. The highest BCUT2D eigenvalue weighted by molar-refractivity contribution is 5.97. The summed E-state index contributed by atoms with van der Waals surface area (Å²) in [5.41, 5.74) is 0.0619. The van der Waals surface area contributed by atoms with Gasteiger partial charge in [-0.25, -0.2) is 4.39 Å². The Morgan fingerprint density at radius 3 is 2.47 bits per heavy atom. The molecular formula is C22H31FN2O5. The lowest BCUT2D eigenvalue weighted by molar-refractivity contribution is -0.144. The maximum Gasteiger partial charge on any atom is 0.306 e. The summed E-state index contributed by atoms with van der Waals surface area (Å²) in [6.45, 7) is 9.18. The molecule has 1 aromatic rings. The van der Waals surface area contributed by atoms with Crippen LogP contribution in [0.15, 0.2) is 34.6 Å². The molecule has 3 atom stereocenters. The Bertz CT molecular complexity index is 797. The molecule has 7 nitrogen and oxygen atoms in total. The highest BCUT2D eigenvalue weighted by atomic mass is 19.1. The second-order valence-corrected chi connectivity index (χ2v) is 7.40. The smallest absolute Gasteiger partial charge is 0.306 e. The lowest BCUT2D eigenvalue weighted by atomic mass is 9.84. The van der Waals surface area contributed by atoms with Crippen molar-refractivity contribution in [3.05, 3.63) is 41.6 Å². The summed E-state index contributed by atoms with van der Waals surface area (Å²) in [4.78, 5) is 36.7. The van der Waals surface area contributed by atoms with Crippen LogP contribution in [0, 0.1) is 24.7 Å². The third-order valence-electron chi connectivity index (χ3n) is 4.69. The lowest BCUT2D eigenvalue weighted by Crippen LogP contribution is -2.45. The fourth-order valence-corrected chi connectivity index (χ4v) is 3.13. The molecule has 2 rings (SSSR count). The molecule has 2 N–H and O–H groups in total. The molecule has 0 radical (unpaired) electrons. The van der Waals surface area contributed by atoms with Gasteiger partial charge in [0.2, 0.25) is 0 Å². The van der Waals surface area contributed by atoms with Gasteiger partial charge in [0.15, 0.2) is 11.5 Å². The van der Waals surface area contributed by atoms with Crippen LogP contribution in [0.25, 0.3) is 0 Å². The number of aliphatic carboxylic acids is 1. The Balaban J connectivity index is 0.00000218. The molecule has 1 aliphatic carbocycles. The monoisotopic (exact) mass is 422 g/mol. The molecular weight excluding hydrogens is 391 g/mol. The van der Waals surface area contributed by atoms with E-state index in [9.17, 15) is 23.9 Å². The fourth-order valence-electron chi connectivity index (χ4n) is 3.13. The van der Waals surface area contributed by atoms with Gasteiger partial charge >= 0.3 is 5.97 Å². The van der Waals surface area contributed by atoms with Crippen molar-refractivity contribution in [3.8, 4) is 0 Å². The van der Waals surface area contributed by atoms with E-state index in [1.54, 1.807) is 26.8 Å². The minimum Gasteiger partial charge on any atom is -0.481 e. The van der Waals surface area contributed by atoms with E-state index >= 15 is 0 Å². The number of Topliss-reactive ketones (excluding diaryl/α,β-unsaturated/α-hetero) is 1. The Morgan fingerprint density at radius 1 is 1.33 bits per heavy atom. The Morgan fingerprint density at radius 2 is 2.00 bits per heavy atom. The van der Waals surface area contributed by atoms with E-state index < -0.39 is 23.8 Å². The third-order valence-corrected chi connectivity index (χ3v) is 4.69. The van der Waals surface area contributed by atoms with E-state index in [0.29, 0.717) is 12.2 Å². The molecule has 8 heteroatoms. The first-order valence-corrected chi connectivity index (χ1v) is 10.2. The molecule has 0 saturated carbocycles. The second kappa shape index (κ2) is 12.0. The molecule has 1 heterocycles. The van der Waals surface area contributed by atoms with Gasteiger partial charge in [0.1, 0.15) is 11.6 Å². The van der Waals surface area contributed by atoms with Gasteiger partial charge in [-0.1, -0.05) is 38.9 Å². The number of halogens is 1. The number of amides is 1. The zero-order chi connectivity index (χ0) is 22.8. The van der Waals surface area contributed by atoms with E-state index in [1.165, 1.54) is 18.2 Å². The molecule has 0 spiro atoms. The molecule has 0 fully saturated rings.